The third-order valence-corrected chi connectivity index (χ3v) is 3.26. The van der Waals surface area contributed by atoms with E-state index in [-0.39, 0.29) is 12.4 Å². The Bertz CT molecular complexity index is 581. The van der Waals surface area contributed by atoms with Crippen molar-refractivity contribution in [2.45, 2.75) is 58.1 Å². The monoisotopic (exact) mass is 350 g/mol. The Morgan fingerprint density at radius 1 is 1.24 bits per heavy atom. The number of aromatic nitrogens is 1. The van der Waals surface area contributed by atoms with Crippen molar-refractivity contribution in [3.63, 3.8) is 0 Å². The van der Waals surface area contributed by atoms with Crippen LogP contribution >= 0.6 is 0 Å². The predicted octanol–water partition coefficient (Wildman–Crippen LogP) is 2.26. The fourth-order valence-corrected chi connectivity index (χ4v) is 2.14. The molecular formula is C18H26N2O5. The summed E-state index contributed by atoms with van der Waals surface area (Å²) in [4.78, 5) is 39.5. The van der Waals surface area contributed by atoms with Crippen molar-refractivity contribution >= 4 is 17.8 Å². The Kier molecular flexibility index (Phi) is 8.04. The number of pyridine rings is 1. The number of carbonyl (C=O) groups is 3. The molecule has 1 aromatic heterocycles. The fraction of sp³-hybridized carbons (Fsp3) is 0.556. The van der Waals surface area contributed by atoms with Crippen LogP contribution in [0.5, 0.6) is 0 Å². The number of amides is 1. The average molecular weight is 350 g/mol. The van der Waals surface area contributed by atoms with Gasteiger partial charge in [0.05, 0.1) is 12.7 Å². The van der Waals surface area contributed by atoms with Gasteiger partial charge in [-0.15, -0.1) is 0 Å². The van der Waals surface area contributed by atoms with Crippen molar-refractivity contribution in [2.24, 2.45) is 0 Å². The van der Waals surface area contributed by atoms with Crippen molar-refractivity contribution in [2.75, 3.05) is 7.11 Å². The number of rotatable bonds is 8. The third-order valence-electron chi connectivity index (χ3n) is 3.26. The van der Waals surface area contributed by atoms with Crippen LogP contribution in [0.3, 0.4) is 0 Å². The quantitative estimate of drug-likeness (QED) is 0.571. The molecule has 0 aliphatic carbocycles. The number of methoxy groups -OCH3 is 1. The predicted molar refractivity (Wildman–Crippen MR) is 91.8 cm³/mol. The lowest BCUT2D eigenvalue weighted by atomic mass is 10.1. The molecule has 1 atom stereocenters. The normalized spacial score (nSPS) is 12.2. The summed E-state index contributed by atoms with van der Waals surface area (Å²) in [6.45, 7) is 5.43. The molecule has 0 aliphatic heterocycles. The van der Waals surface area contributed by atoms with Gasteiger partial charge in [0.25, 0.3) is 5.91 Å². The lowest BCUT2D eigenvalue weighted by molar-refractivity contribution is -0.154. The molecule has 7 heteroatoms. The van der Waals surface area contributed by atoms with E-state index < -0.39 is 23.5 Å². The van der Waals surface area contributed by atoms with E-state index >= 15 is 0 Å². The van der Waals surface area contributed by atoms with E-state index in [0.29, 0.717) is 24.8 Å². The molecular weight excluding hydrogens is 324 g/mol. The number of nitrogens with zero attached hydrogens (tertiary/aromatic N) is 1. The average Bonchev–Trinajstić information content (AvgIpc) is 2.55. The smallest absolute Gasteiger partial charge is 0.328 e. The molecule has 25 heavy (non-hydrogen) atoms. The summed E-state index contributed by atoms with van der Waals surface area (Å²) in [6, 6.07) is 2.48. The van der Waals surface area contributed by atoms with Gasteiger partial charge < -0.3 is 14.8 Å². The summed E-state index contributed by atoms with van der Waals surface area (Å²) >= 11 is 0. The molecule has 0 saturated carbocycles. The molecule has 1 rings (SSSR count). The molecule has 1 N–H and O–H groups in total. The standard InChI is InChI=1S/C18H26N2O5/c1-18(2,3)25-15(21)10-6-5-9-14(17(23)24-4)20-16(22)13-8-7-11-19-12-13/h7-8,11-12,14H,5-6,9-10H2,1-4H3,(H,20,22)/t14-/m0/s1. The van der Waals surface area contributed by atoms with E-state index in [4.69, 9.17) is 9.47 Å². The van der Waals surface area contributed by atoms with Gasteiger partial charge in [-0.1, -0.05) is 6.42 Å². The lowest BCUT2D eigenvalue weighted by Gasteiger charge is -2.19. The largest absolute Gasteiger partial charge is 0.467 e. The molecule has 0 fully saturated rings. The Hall–Kier alpha value is -2.44. The highest BCUT2D eigenvalue weighted by Crippen LogP contribution is 2.12. The Labute approximate surface area is 148 Å². The van der Waals surface area contributed by atoms with Gasteiger partial charge in [-0.25, -0.2) is 4.79 Å². The van der Waals surface area contributed by atoms with Crippen LogP contribution in [-0.2, 0) is 19.1 Å². The summed E-state index contributed by atoms with van der Waals surface area (Å²) in [6.07, 6.45) is 4.76. The first-order chi connectivity index (χ1) is 11.7. The summed E-state index contributed by atoms with van der Waals surface area (Å²) in [5, 5.41) is 2.64. The van der Waals surface area contributed by atoms with E-state index in [1.807, 2.05) is 20.8 Å². The van der Waals surface area contributed by atoms with Crippen molar-refractivity contribution in [1.82, 2.24) is 10.3 Å². The van der Waals surface area contributed by atoms with Crippen LogP contribution in [0.2, 0.25) is 0 Å². The minimum atomic E-state index is -0.767. The molecule has 0 saturated heterocycles. The van der Waals surface area contributed by atoms with Crippen LogP contribution in [0.1, 0.15) is 56.8 Å². The van der Waals surface area contributed by atoms with Crippen LogP contribution in [0.25, 0.3) is 0 Å². The first-order valence-electron chi connectivity index (χ1n) is 8.23. The molecule has 1 amide bonds. The molecule has 7 nitrogen and oxygen atoms in total. The van der Waals surface area contributed by atoms with Crippen LogP contribution in [0.4, 0.5) is 0 Å². The summed E-state index contributed by atoms with van der Waals surface area (Å²) < 4.78 is 9.96. The zero-order chi connectivity index (χ0) is 18.9. The van der Waals surface area contributed by atoms with Crippen molar-refractivity contribution in [3.05, 3.63) is 30.1 Å². The van der Waals surface area contributed by atoms with E-state index in [0.717, 1.165) is 0 Å². The Balaban J connectivity index is 2.48. The van der Waals surface area contributed by atoms with Crippen molar-refractivity contribution in [3.8, 4) is 0 Å². The highest BCUT2D eigenvalue weighted by molar-refractivity contribution is 5.96. The fourth-order valence-electron chi connectivity index (χ4n) is 2.14. The van der Waals surface area contributed by atoms with Crippen molar-refractivity contribution < 1.29 is 23.9 Å². The van der Waals surface area contributed by atoms with E-state index in [1.165, 1.54) is 13.3 Å². The van der Waals surface area contributed by atoms with E-state index in [2.05, 4.69) is 10.3 Å². The zero-order valence-electron chi connectivity index (χ0n) is 15.2. The molecule has 1 heterocycles. The number of esters is 2. The van der Waals surface area contributed by atoms with Gasteiger partial charge >= 0.3 is 11.9 Å². The Morgan fingerprint density at radius 3 is 2.52 bits per heavy atom. The maximum atomic E-state index is 12.1. The lowest BCUT2D eigenvalue weighted by Crippen LogP contribution is -2.41. The molecule has 0 aromatic carbocycles. The first kappa shape index (κ1) is 20.6. The van der Waals surface area contributed by atoms with Crippen LogP contribution in [-0.4, -0.2) is 41.6 Å². The number of hydrogen-bond acceptors (Lipinski definition) is 6. The maximum Gasteiger partial charge on any atom is 0.328 e. The summed E-state index contributed by atoms with van der Waals surface area (Å²) in [5.41, 5.74) is -0.145. The molecule has 138 valence electrons. The van der Waals surface area contributed by atoms with Gasteiger partial charge in [0.2, 0.25) is 0 Å². The van der Waals surface area contributed by atoms with E-state index in [9.17, 15) is 14.4 Å². The number of carbonyl (C=O) groups excluding carboxylic acids is 3. The molecule has 0 bridgehead atoms. The third kappa shape index (κ3) is 8.28. The van der Waals surface area contributed by atoms with Crippen LogP contribution in [0.15, 0.2) is 24.5 Å². The highest BCUT2D eigenvalue weighted by atomic mass is 16.6. The second-order valence-electron chi connectivity index (χ2n) is 6.62. The number of hydrogen-bond donors (Lipinski definition) is 1. The van der Waals surface area contributed by atoms with Gasteiger partial charge in [-0.2, -0.15) is 0 Å². The van der Waals surface area contributed by atoms with E-state index in [1.54, 1.807) is 18.3 Å². The molecule has 1 aromatic rings. The van der Waals surface area contributed by atoms with Gasteiger partial charge in [0, 0.05) is 18.8 Å². The number of unbranched alkanes of at least 4 members (excludes halogenated alkanes) is 1. The maximum absolute atomic E-state index is 12.1. The van der Waals surface area contributed by atoms with Gasteiger partial charge in [-0.3, -0.25) is 14.6 Å². The summed E-state index contributed by atoms with van der Waals surface area (Å²) in [7, 11) is 1.27. The second kappa shape index (κ2) is 9.76. The Morgan fingerprint density at radius 2 is 1.96 bits per heavy atom. The van der Waals surface area contributed by atoms with Gasteiger partial charge in [-0.05, 0) is 45.7 Å². The number of nitrogens with one attached hydrogen (secondary N) is 1. The van der Waals surface area contributed by atoms with Crippen LogP contribution in [0, 0.1) is 0 Å². The van der Waals surface area contributed by atoms with Crippen molar-refractivity contribution in [1.29, 1.82) is 0 Å². The SMILES string of the molecule is COC(=O)[C@H](CCCCC(=O)OC(C)(C)C)NC(=O)c1cccnc1. The first-order valence-corrected chi connectivity index (χ1v) is 8.23. The van der Waals surface area contributed by atoms with Gasteiger partial charge in [0.15, 0.2) is 0 Å². The summed E-state index contributed by atoms with van der Waals surface area (Å²) in [5.74, 6) is -1.19. The molecule has 0 spiro atoms. The van der Waals surface area contributed by atoms with Gasteiger partial charge in [0.1, 0.15) is 11.6 Å². The second-order valence-corrected chi connectivity index (χ2v) is 6.62. The minimum absolute atomic E-state index is 0.266. The van der Waals surface area contributed by atoms with Crippen LogP contribution < -0.4 is 5.32 Å². The molecule has 0 aliphatic rings. The molecule has 0 unspecified atom stereocenters. The number of ether oxygens (including phenoxy) is 2. The highest BCUT2D eigenvalue weighted by Gasteiger charge is 2.22. The minimum Gasteiger partial charge on any atom is -0.467 e. The molecule has 0 radical (unpaired) electrons. The topological polar surface area (TPSA) is 94.6 Å². The zero-order valence-corrected chi connectivity index (χ0v) is 15.2.